The zero-order valence-corrected chi connectivity index (χ0v) is 11.6. The Morgan fingerprint density at radius 1 is 1.11 bits per heavy atom. The van der Waals surface area contributed by atoms with Crippen molar-refractivity contribution in [3.63, 3.8) is 0 Å². The SMILES string of the molecule is c1ccc(C2CN(C3CCNC4(CCC4)C3)C2)cc1. The van der Waals surface area contributed by atoms with E-state index < -0.39 is 0 Å². The van der Waals surface area contributed by atoms with Crippen LogP contribution in [0, 0.1) is 0 Å². The molecule has 2 saturated heterocycles. The summed E-state index contributed by atoms with van der Waals surface area (Å²) in [6.07, 6.45) is 7.02. The van der Waals surface area contributed by atoms with E-state index in [1.165, 1.54) is 57.3 Å². The van der Waals surface area contributed by atoms with Gasteiger partial charge in [-0.25, -0.2) is 0 Å². The maximum atomic E-state index is 3.78. The standard InChI is InChI=1S/C17H24N2/c1-2-5-14(6-3-1)15-12-19(13-15)16-7-10-18-17(11-16)8-4-9-17/h1-3,5-6,15-16,18H,4,7-13H2. The summed E-state index contributed by atoms with van der Waals surface area (Å²) in [5.74, 6) is 0.786. The average molecular weight is 256 g/mol. The van der Waals surface area contributed by atoms with Crippen molar-refractivity contribution in [2.75, 3.05) is 19.6 Å². The molecule has 0 amide bonds. The van der Waals surface area contributed by atoms with Crippen LogP contribution in [-0.2, 0) is 0 Å². The molecule has 1 aromatic rings. The summed E-state index contributed by atoms with van der Waals surface area (Å²) in [6, 6.07) is 11.9. The summed E-state index contributed by atoms with van der Waals surface area (Å²) >= 11 is 0. The fraction of sp³-hybridized carbons (Fsp3) is 0.647. The highest BCUT2D eigenvalue weighted by Gasteiger charge is 2.44. The first kappa shape index (κ1) is 11.9. The first-order chi connectivity index (χ1) is 9.35. The lowest BCUT2D eigenvalue weighted by atomic mass is 9.69. The van der Waals surface area contributed by atoms with E-state index in [9.17, 15) is 0 Å². The Labute approximate surface area is 116 Å². The van der Waals surface area contributed by atoms with Gasteiger partial charge in [-0.1, -0.05) is 30.3 Å². The third-order valence-electron chi connectivity index (χ3n) is 5.61. The van der Waals surface area contributed by atoms with Crippen molar-refractivity contribution in [3.05, 3.63) is 35.9 Å². The Balaban J connectivity index is 1.36. The maximum absolute atomic E-state index is 3.78. The molecule has 1 atom stereocenters. The minimum atomic E-state index is 0.542. The van der Waals surface area contributed by atoms with Crippen LogP contribution >= 0.6 is 0 Å². The number of hydrogen-bond donors (Lipinski definition) is 1. The topological polar surface area (TPSA) is 15.3 Å². The molecular formula is C17H24N2. The molecule has 1 spiro atoms. The van der Waals surface area contributed by atoms with Crippen molar-refractivity contribution in [1.82, 2.24) is 10.2 Å². The van der Waals surface area contributed by atoms with Crippen LogP contribution in [0.4, 0.5) is 0 Å². The zero-order chi connectivity index (χ0) is 12.7. The molecule has 2 heterocycles. The van der Waals surface area contributed by atoms with Crippen LogP contribution in [0.3, 0.4) is 0 Å². The second-order valence-corrected chi connectivity index (χ2v) is 6.77. The summed E-state index contributed by atoms with van der Waals surface area (Å²) in [6.45, 7) is 3.80. The first-order valence-electron chi connectivity index (χ1n) is 7.89. The van der Waals surface area contributed by atoms with Crippen LogP contribution in [0.1, 0.15) is 43.6 Å². The molecule has 3 aliphatic rings. The lowest BCUT2D eigenvalue weighted by Crippen LogP contribution is -2.62. The molecule has 3 fully saturated rings. The summed E-state index contributed by atoms with van der Waals surface area (Å²) < 4.78 is 0. The molecule has 2 aliphatic heterocycles. The summed E-state index contributed by atoms with van der Waals surface area (Å²) in [7, 11) is 0. The van der Waals surface area contributed by atoms with E-state index in [2.05, 4.69) is 40.5 Å². The molecule has 1 aromatic carbocycles. The monoisotopic (exact) mass is 256 g/mol. The second kappa shape index (κ2) is 4.60. The van der Waals surface area contributed by atoms with Crippen molar-refractivity contribution in [2.45, 2.75) is 49.6 Å². The van der Waals surface area contributed by atoms with Crippen molar-refractivity contribution in [3.8, 4) is 0 Å². The van der Waals surface area contributed by atoms with Gasteiger partial charge in [-0.05, 0) is 44.2 Å². The van der Waals surface area contributed by atoms with E-state index in [4.69, 9.17) is 0 Å². The Morgan fingerprint density at radius 3 is 2.58 bits per heavy atom. The Bertz CT molecular complexity index is 432. The highest BCUT2D eigenvalue weighted by atomic mass is 15.2. The summed E-state index contributed by atoms with van der Waals surface area (Å²) in [5.41, 5.74) is 2.08. The van der Waals surface area contributed by atoms with Gasteiger partial charge in [-0.15, -0.1) is 0 Å². The third-order valence-corrected chi connectivity index (χ3v) is 5.61. The molecule has 0 bridgehead atoms. The van der Waals surface area contributed by atoms with Gasteiger partial charge in [0.05, 0.1) is 0 Å². The van der Waals surface area contributed by atoms with Crippen LogP contribution in [0.2, 0.25) is 0 Å². The van der Waals surface area contributed by atoms with E-state index in [1.807, 2.05) is 0 Å². The summed E-state index contributed by atoms with van der Waals surface area (Å²) in [5, 5.41) is 3.78. The number of benzene rings is 1. The van der Waals surface area contributed by atoms with Gasteiger partial charge in [0, 0.05) is 30.6 Å². The molecule has 4 rings (SSSR count). The number of rotatable bonds is 2. The largest absolute Gasteiger partial charge is 0.311 e. The van der Waals surface area contributed by atoms with Crippen molar-refractivity contribution < 1.29 is 0 Å². The van der Waals surface area contributed by atoms with E-state index >= 15 is 0 Å². The number of hydrogen-bond acceptors (Lipinski definition) is 2. The molecule has 1 unspecified atom stereocenters. The van der Waals surface area contributed by atoms with Gasteiger partial charge < -0.3 is 5.32 Å². The Kier molecular flexibility index (Phi) is 2.89. The predicted molar refractivity (Wildman–Crippen MR) is 78.4 cm³/mol. The van der Waals surface area contributed by atoms with Crippen LogP contribution < -0.4 is 5.32 Å². The van der Waals surface area contributed by atoms with Crippen molar-refractivity contribution >= 4 is 0 Å². The number of nitrogens with zero attached hydrogens (tertiary/aromatic N) is 1. The van der Waals surface area contributed by atoms with E-state index in [1.54, 1.807) is 0 Å². The average Bonchev–Trinajstić information content (AvgIpc) is 2.37. The molecule has 2 heteroatoms. The van der Waals surface area contributed by atoms with Crippen LogP contribution in [0.25, 0.3) is 0 Å². The second-order valence-electron chi connectivity index (χ2n) is 6.77. The van der Waals surface area contributed by atoms with Gasteiger partial charge in [-0.2, -0.15) is 0 Å². The Morgan fingerprint density at radius 2 is 1.89 bits per heavy atom. The highest BCUT2D eigenvalue weighted by Crippen LogP contribution is 2.41. The van der Waals surface area contributed by atoms with Crippen LogP contribution in [0.5, 0.6) is 0 Å². The molecule has 1 saturated carbocycles. The van der Waals surface area contributed by atoms with Gasteiger partial charge in [0.2, 0.25) is 0 Å². The van der Waals surface area contributed by atoms with Gasteiger partial charge in [0.25, 0.3) is 0 Å². The van der Waals surface area contributed by atoms with Crippen molar-refractivity contribution in [2.24, 2.45) is 0 Å². The van der Waals surface area contributed by atoms with E-state index in [0.717, 1.165) is 12.0 Å². The van der Waals surface area contributed by atoms with Crippen molar-refractivity contribution in [1.29, 1.82) is 0 Å². The molecule has 1 aliphatic carbocycles. The molecule has 2 nitrogen and oxygen atoms in total. The minimum absolute atomic E-state index is 0.542. The van der Waals surface area contributed by atoms with Crippen LogP contribution in [0.15, 0.2) is 30.3 Å². The maximum Gasteiger partial charge on any atom is 0.0196 e. The smallest absolute Gasteiger partial charge is 0.0196 e. The van der Waals surface area contributed by atoms with Crippen LogP contribution in [-0.4, -0.2) is 36.1 Å². The molecule has 102 valence electrons. The van der Waals surface area contributed by atoms with Gasteiger partial charge >= 0.3 is 0 Å². The number of piperidine rings is 1. The lowest BCUT2D eigenvalue weighted by Gasteiger charge is -2.54. The zero-order valence-electron chi connectivity index (χ0n) is 11.6. The minimum Gasteiger partial charge on any atom is -0.311 e. The molecule has 0 radical (unpaired) electrons. The Hall–Kier alpha value is -0.860. The van der Waals surface area contributed by atoms with E-state index in [0.29, 0.717) is 5.54 Å². The third kappa shape index (κ3) is 2.11. The molecule has 0 aromatic heterocycles. The molecule has 19 heavy (non-hydrogen) atoms. The molecule has 1 N–H and O–H groups in total. The van der Waals surface area contributed by atoms with Gasteiger partial charge in [0.15, 0.2) is 0 Å². The lowest BCUT2D eigenvalue weighted by molar-refractivity contribution is 0.0187. The normalized spacial score (nSPS) is 30.8. The fourth-order valence-corrected chi connectivity index (χ4v) is 4.17. The van der Waals surface area contributed by atoms with Gasteiger partial charge in [-0.3, -0.25) is 4.90 Å². The highest BCUT2D eigenvalue weighted by molar-refractivity contribution is 5.23. The quantitative estimate of drug-likeness (QED) is 0.875. The fourth-order valence-electron chi connectivity index (χ4n) is 4.17. The predicted octanol–water partition coefficient (Wildman–Crippen LogP) is 2.76. The number of nitrogens with one attached hydrogen (secondary N) is 1. The van der Waals surface area contributed by atoms with Gasteiger partial charge in [0.1, 0.15) is 0 Å². The van der Waals surface area contributed by atoms with E-state index in [-0.39, 0.29) is 0 Å². The first-order valence-corrected chi connectivity index (χ1v) is 7.89. The molecular weight excluding hydrogens is 232 g/mol. The summed E-state index contributed by atoms with van der Waals surface area (Å²) in [4.78, 5) is 2.73. The number of likely N-dealkylation sites (tertiary alicyclic amines) is 1.